The molecule has 28 heavy (non-hydrogen) atoms. The maximum atomic E-state index is 13.3. The molecule has 3 rings (SSSR count). The van der Waals surface area contributed by atoms with Crippen molar-refractivity contribution < 1.29 is 9.59 Å². The molecule has 0 aliphatic heterocycles. The van der Waals surface area contributed by atoms with E-state index in [0.717, 1.165) is 35.7 Å². The fourth-order valence-electron chi connectivity index (χ4n) is 3.13. The molecule has 5 nitrogen and oxygen atoms in total. The van der Waals surface area contributed by atoms with Gasteiger partial charge in [0, 0.05) is 17.5 Å². The third kappa shape index (κ3) is 4.95. The zero-order valence-corrected chi connectivity index (χ0v) is 17.1. The topological polar surface area (TPSA) is 62.3 Å². The first-order valence-corrected chi connectivity index (χ1v) is 10.5. The van der Waals surface area contributed by atoms with Crippen LogP contribution in [-0.4, -0.2) is 34.8 Å². The fourth-order valence-corrected chi connectivity index (χ4v) is 3.84. The number of aromatic nitrogens is 1. The van der Waals surface area contributed by atoms with E-state index >= 15 is 0 Å². The Hall–Kier alpha value is -2.73. The van der Waals surface area contributed by atoms with Gasteiger partial charge in [0.2, 0.25) is 5.91 Å². The van der Waals surface area contributed by atoms with Gasteiger partial charge in [0.1, 0.15) is 6.54 Å². The van der Waals surface area contributed by atoms with Crippen molar-refractivity contribution in [3.8, 4) is 0 Å². The van der Waals surface area contributed by atoms with Crippen LogP contribution in [0.1, 0.15) is 42.2 Å². The minimum absolute atomic E-state index is 0.0183. The summed E-state index contributed by atoms with van der Waals surface area (Å²) in [4.78, 5) is 31.7. The van der Waals surface area contributed by atoms with Crippen LogP contribution in [-0.2, 0) is 4.79 Å². The van der Waals surface area contributed by atoms with Gasteiger partial charge in [0.05, 0.1) is 5.69 Å². The fraction of sp³-hybridized carbons (Fsp3) is 0.318. The van der Waals surface area contributed by atoms with Crippen LogP contribution >= 0.6 is 11.3 Å². The van der Waals surface area contributed by atoms with E-state index in [0.29, 0.717) is 17.2 Å². The van der Waals surface area contributed by atoms with E-state index in [9.17, 15) is 9.59 Å². The van der Waals surface area contributed by atoms with Gasteiger partial charge in [-0.25, -0.2) is 4.98 Å². The molecule has 0 aliphatic carbocycles. The SMILES string of the molecule is CCCCCN(CC(=O)Nc1nc(C)cs1)C(=O)c1cccc2ccccc12. The summed E-state index contributed by atoms with van der Waals surface area (Å²) in [7, 11) is 0. The Morgan fingerprint density at radius 1 is 1.11 bits per heavy atom. The molecule has 0 unspecified atom stereocenters. The van der Waals surface area contributed by atoms with Crippen LogP contribution in [0.25, 0.3) is 10.8 Å². The quantitative estimate of drug-likeness (QED) is 0.553. The number of amides is 2. The molecular weight excluding hydrogens is 370 g/mol. The molecule has 0 saturated carbocycles. The standard InChI is InChI=1S/C22H25N3O2S/c1-3-4-7-13-25(14-20(26)24-22-23-16(2)15-28-22)21(27)19-12-8-10-17-9-5-6-11-18(17)19/h5-6,8-12,15H,3-4,7,13-14H2,1-2H3,(H,23,24,26). The van der Waals surface area contributed by atoms with Crippen molar-refractivity contribution in [1.82, 2.24) is 9.88 Å². The molecule has 1 aromatic heterocycles. The van der Waals surface area contributed by atoms with E-state index < -0.39 is 0 Å². The molecule has 146 valence electrons. The summed E-state index contributed by atoms with van der Waals surface area (Å²) in [5, 5.41) is 7.18. The number of unbranched alkanes of at least 4 members (excludes halogenated alkanes) is 2. The maximum Gasteiger partial charge on any atom is 0.254 e. The van der Waals surface area contributed by atoms with E-state index in [2.05, 4.69) is 17.2 Å². The van der Waals surface area contributed by atoms with E-state index in [1.807, 2.05) is 54.8 Å². The molecule has 3 aromatic rings. The second-order valence-electron chi connectivity index (χ2n) is 6.80. The van der Waals surface area contributed by atoms with Crippen molar-refractivity contribution in [2.75, 3.05) is 18.4 Å². The number of aryl methyl sites for hydroxylation is 1. The van der Waals surface area contributed by atoms with Crippen molar-refractivity contribution in [3.63, 3.8) is 0 Å². The number of nitrogens with zero attached hydrogens (tertiary/aromatic N) is 2. The lowest BCUT2D eigenvalue weighted by atomic mass is 10.0. The van der Waals surface area contributed by atoms with Crippen molar-refractivity contribution in [2.45, 2.75) is 33.1 Å². The molecule has 0 saturated heterocycles. The summed E-state index contributed by atoms with van der Waals surface area (Å²) >= 11 is 1.39. The van der Waals surface area contributed by atoms with Crippen molar-refractivity contribution in [2.24, 2.45) is 0 Å². The molecule has 0 atom stereocenters. The van der Waals surface area contributed by atoms with Gasteiger partial charge in [0.25, 0.3) is 5.91 Å². The lowest BCUT2D eigenvalue weighted by Gasteiger charge is -2.23. The number of benzene rings is 2. The van der Waals surface area contributed by atoms with E-state index in [1.165, 1.54) is 11.3 Å². The van der Waals surface area contributed by atoms with Crippen LogP contribution < -0.4 is 5.32 Å². The zero-order chi connectivity index (χ0) is 19.9. The molecule has 1 heterocycles. The Labute approximate surface area is 169 Å². The Kier molecular flexibility index (Phi) is 6.76. The highest BCUT2D eigenvalue weighted by Gasteiger charge is 2.20. The molecule has 0 fully saturated rings. The van der Waals surface area contributed by atoms with Gasteiger partial charge in [-0.15, -0.1) is 11.3 Å². The van der Waals surface area contributed by atoms with Crippen LogP contribution in [0.3, 0.4) is 0 Å². The molecular formula is C22H25N3O2S. The Balaban J connectivity index is 1.79. The van der Waals surface area contributed by atoms with E-state index in [4.69, 9.17) is 0 Å². The maximum absolute atomic E-state index is 13.3. The third-order valence-corrected chi connectivity index (χ3v) is 5.41. The second-order valence-corrected chi connectivity index (χ2v) is 7.66. The lowest BCUT2D eigenvalue weighted by Crippen LogP contribution is -2.38. The largest absolute Gasteiger partial charge is 0.329 e. The van der Waals surface area contributed by atoms with Gasteiger partial charge in [-0.1, -0.05) is 56.2 Å². The summed E-state index contributed by atoms with van der Waals surface area (Å²) in [6.45, 7) is 4.58. The van der Waals surface area contributed by atoms with Gasteiger partial charge < -0.3 is 10.2 Å². The Bertz CT molecular complexity index is 962. The number of anilines is 1. The summed E-state index contributed by atoms with van der Waals surface area (Å²) < 4.78 is 0. The summed E-state index contributed by atoms with van der Waals surface area (Å²) in [6, 6.07) is 13.5. The first kappa shape index (κ1) is 20.0. The van der Waals surface area contributed by atoms with E-state index in [1.54, 1.807) is 4.90 Å². The molecule has 1 N–H and O–H groups in total. The molecule has 0 aliphatic rings. The van der Waals surface area contributed by atoms with Gasteiger partial charge in [-0.3, -0.25) is 9.59 Å². The highest BCUT2D eigenvalue weighted by Crippen LogP contribution is 2.21. The van der Waals surface area contributed by atoms with Crippen LogP contribution in [0.2, 0.25) is 0 Å². The van der Waals surface area contributed by atoms with E-state index in [-0.39, 0.29) is 18.4 Å². The molecule has 2 amide bonds. The minimum Gasteiger partial charge on any atom is -0.329 e. The van der Waals surface area contributed by atoms with Gasteiger partial charge in [-0.2, -0.15) is 0 Å². The molecule has 2 aromatic carbocycles. The monoisotopic (exact) mass is 395 g/mol. The van der Waals surface area contributed by atoms with Crippen LogP contribution in [0.15, 0.2) is 47.8 Å². The normalized spacial score (nSPS) is 10.8. The van der Waals surface area contributed by atoms with Gasteiger partial charge in [-0.05, 0) is 30.2 Å². The zero-order valence-electron chi connectivity index (χ0n) is 16.3. The first-order valence-electron chi connectivity index (χ1n) is 9.57. The molecule has 0 bridgehead atoms. The third-order valence-electron chi connectivity index (χ3n) is 4.54. The average molecular weight is 396 g/mol. The van der Waals surface area contributed by atoms with Crippen LogP contribution in [0.5, 0.6) is 0 Å². The summed E-state index contributed by atoms with van der Waals surface area (Å²) in [5.41, 5.74) is 1.50. The lowest BCUT2D eigenvalue weighted by molar-refractivity contribution is -0.116. The summed E-state index contributed by atoms with van der Waals surface area (Å²) in [6.07, 6.45) is 2.95. The number of hydrogen-bond acceptors (Lipinski definition) is 4. The van der Waals surface area contributed by atoms with Gasteiger partial charge >= 0.3 is 0 Å². The smallest absolute Gasteiger partial charge is 0.254 e. The number of carbonyl (C=O) groups excluding carboxylic acids is 2. The second kappa shape index (κ2) is 9.46. The number of thiazole rings is 1. The predicted octanol–water partition coefficient (Wildman–Crippen LogP) is 4.88. The number of nitrogens with one attached hydrogen (secondary N) is 1. The van der Waals surface area contributed by atoms with Gasteiger partial charge in [0.15, 0.2) is 5.13 Å². The summed E-state index contributed by atoms with van der Waals surface area (Å²) in [5.74, 6) is -0.335. The van der Waals surface area contributed by atoms with Crippen LogP contribution in [0, 0.1) is 6.92 Å². The molecule has 0 radical (unpaired) electrons. The highest BCUT2D eigenvalue weighted by molar-refractivity contribution is 7.13. The van der Waals surface area contributed by atoms with Crippen LogP contribution in [0.4, 0.5) is 5.13 Å². The molecule has 0 spiro atoms. The Morgan fingerprint density at radius 3 is 2.64 bits per heavy atom. The number of hydrogen-bond donors (Lipinski definition) is 1. The highest BCUT2D eigenvalue weighted by atomic mass is 32.1. The minimum atomic E-state index is -0.223. The first-order chi connectivity index (χ1) is 13.6. The average Bonchev–Trinajstić information content (AvgIpc) is 3.10. The number of rotatable bonds is 8. The van der Waals surface area contributed by atoms with Crippen molar-refractivity contribution in [1.29, 1.82) is 0 Å². The Morgan fingerprint density at radius 2 is 1.89 bits per heavy atom. The predicted molar refractivity (Wildman–Crippen MR) is 115 cm³/mol. The number of carbonyl (C=O) groups is 2. The van der Waals surface area contributed by atoms with Crippen molar-refractivity contribution >= 4 is 39.1 Å². The molecule has 6 heteroatoms. The van der Waals surface area contributed by atoms with Crippen molar-refractivity contribution in [3.05, 3.63) is 59.1 Å². The number of fused-ring (bicyclic) bond motifs is 1.